The lowest BCUT2D eigenvalue weighted by Crippen LogP contribution is -2.53. The fourth-order valence-electron chi connectivity index (χ4n) is 3.74. The van der Waals surface area contributed by atoms with Crippen molar-refractivity contribution in [2.75, 3.05) is 19.0 Å². The molecule has 0 fully saturated rings. The van der Waals surface area contributed by atoms with Crippen LogP contribution in [0.2, 0.25) is 5.02 Å². The monoisotopic (exact) mass is 428 g/mol. The number of hydrogen-bond acceptors (Lipinski definition) is 5. The van der Waals surface area contributed by atoms with Crippen LogP contribution in [-0.2, 0) is 11.0 Å². The van der Waals surface area contributed by atoms with Crippen molar-refractivity contribution in [2.24, 2.45) is 0 Å². The molecule has 0 saturated carbocycles. The predicted octanol–water partition coefficient (Wildman–Crippen LogP) is 4.61. The summed E-state index contributed by atoms with van der Waals surface area (Å²) < 4.78 is 7.44. The molecule has 0 atom stereocenters. The first kappa shape index (κ1) is 20.4. The van der Waals surface area contributed by atoms with Crippen LogP contribution in [0.1, 0.15) is 46.2 Å². The second-order valence-electron chi connectivity index (χ2n) is 9.16. The molecule has 9 heteroatoms. The highest BCUT2D eigenvalue weighted by Crippen LogP contribution is 2.48. The Morgan fingerprint density at radius 3 is 2.53 bits per heavy atom. The molecule has 2 aromatic heterocycles. The topological polar surface area (TPSA) is 80.3 Å². The maximum absolute atomic E-state index is 13.3. The quantitative estimate of drug-likeness (QED) is 0.565. The number of imidazole rings is 1. The van der Waals surface area contributed by atoms with Crippen LogP contribution in [0.15, 0.2) is 29.0 Å². The van der Waals surface area contributed by atoms with Gasteiger partial charge in [-0.15, -0.1) is 0 Å². The van der Waals surface area contributed by atoms with Gasteiger partial charge < -0.3 is 9.42 Å². The molecule has 1 aliphatic rings. The summed E-state index contributed by atoms with van der Waals surface area (Å²) in [5.41, 5.74) is 1.70. The molecule has 1 aromatic carbocycles. The number of carbonyl (C=O) groups excluding carboxylic acids is 1. The van der Waals surface area contributed by atoms with Crippen LogP contribution in [-0.4, -0.2) is 44.7 Å². The van der Waals surface area contributed by atoms with Crippen molar-refractivity contribution in [1.82, 2.24) is 24.6 Å². The predicted molar refractivity (Wildman–Crippen MR) is 115 cm³/mol. The summed E-state index contributed by atoms with van der Waals surface area (Å²) in [6.45, 7) is 9.94. The number of urea groups is 1. The summed E-state index contributed by atoms with van der Waals surface area (Å²) in [6, 6.07) is 5.37. The van der Waals surface area contributed by atoms with Crippen molar-refractivity contribution in [1.29, 1.82) is 0 Å². The molecule has 0 radical (unpaired) electrons. The number of halogens is 1. The van der Waals surface area contributed by atoms with E-state index in [4.69, 9.17) is 16.1 Å². The third-order valence-electron chi connectivity index (χ3n) is 5.21. The Kier molecular flexibility index (Phi) is 4.47. The number of anilines is 1. The standard InChI is InChI=1S/C21H25ClN6O2/c1-20(2,3)18-24-17(25-30-18)14-16-21(4,5)28(19(29)26(6)7)15-12(22)9-8-10-13(15)27(16)11-23-14/h8-11H,1-7H3. The Hall–Kier alpha value is -2.87. The van der Waals surface area contributed by atoms with Crippen LogP contribution in [0.3, 0.4) is 0 Å². The Bertz CT molecular complexity index is 1140. The van der Waals surface area contributed by atoms with Crippen LogP contribution >= 0.6 is 11.6 Å². The van der Waals surface area contributed by atoms with Crippen molar-refractivity contribution in [3.63, 3.8) is 0 Å². The van der Waals surface area contributed by atoms with E-state index in [1.54, 1.807) is 31.4 Å². The summed E-state index contributed by atoms with van der Waals surface area (Å²) in [5, 5.41) is 4.67. The van der Waals surface area contributed by atoms with Gasteiger partial charge in [-0.3, -0.25) is 9.47 Å². The molecule has 0 unspecified atom stereocenters. The van der Waals surface area contributed by atoms with Crippen LogP contribution < -0.4 is 4.90 Å². The maximum Gasteiger partial charge on any atom is 0.324 e. The molecule has 0 N–H and O–H groups in total. The number of amides is 2. The van der Waals surface area contributed by atoms with Gasteiger partial charge in [-0.05, 0) is 26.0 Å². The van der Waals surface area contributed by atoms with Gasteiger partial charge in [-0.25, -0.2) is 9.78 Å². The Morgan fingerprint density at radius 1 is 1.23 bits per heavy atom. The molecular weight excluding hydrogens is 404 g/mol. The second kappa shape index (κ2) is 6.57. The molecule has 3 heterocycles. The maximum atomic E-state index is 13.3. The normalized spacial score (nSPS) is 15.0. The van der Waals surface area contributed by atoms with E-state index in [0.717, 1.165) is 11.4 Å². The number of carbonyl (C=O) groups is 1. The van der Waals surface area contributed by atoms with E-state index in [1.165, 1.54) is 4.90 Å². The summed E-state index contributed by atoms with van der Waals surface area (Å²) in [5.74, 6) is 0.919. The molecule has 0 aliphatic carbocycles. The van der Waals surface area contributed by atoms with Gasteiger partial charge in [0.1, 0.15) is 12.0 Å². The third kappa shape index (κ3) is 2.89. The van der Waals surface area contributed by atoms with Crippen molar-refractivity contribution in [2.45, 2.75) is 45.6 Å². The highest BCUT2D eigenvalue weighted by atomic mass is 35.5. The summed E-state index contributed by atoms with van der Waals surface area (Å²) in [4.78, 5) is 25.7. The number of para-hydroxylation sites is 1. The summed E-state index contributed by atoms with van der Waals surface area (Å²) >= 11 is 6.57. The van der Waals surface area contributed by atoms with Crippen LogP contribution in [0, 0.1) is 0 Å². The lowest BCUT2D eigenvalue weighted by molar-refractivity contribution is 0.215. The number of aromatic nitrogens is 4. The zero-order chi connectivity index (χ0) is 22.0. The van der Waals surface area contributed by atoms with Crippen LogP contribution in [0.4, 0.5) is 10.5 Å². The van der Waals surface area contributed by atoms with Crippen molar-refractivity contribution < 1.29 is 9.32 Å². The summed E-state index contributed by atoms with van der Waals surface area (Å²) in [7, 11) is 3.44. The van der Waals surface area contributed by atoms with E-state index in [1.807, 2.05) is 51.3 Å². The Labute approximate surface area is 180 Å². The van der Waals surface area contributed by atoms with Crippen molar-refractivity contribution in [3.05, 3.63) is 41.1 Å². The van der Waals surface area contributed by atoms with Gasteiger partial charge in [0.2, 0.25) is 11.7 Å². The number of nitrogens with zero attached hydrogens (tertiary/aromatic N) is 6. The number of fused-ring (bicyclic) bond motifs is 3. The average molecular weight is 429 g/mol. The van der Waals surface area contributed by atoms with E-state index in [0.29, 0.717) is 28.1 Å². The molecule has 4 rings (SSSR count). The van der Waals surface area contributed by atoms with Crippen LogP contribution in [0.5, 0.6) is 0 Å². The minimum atomic E-state index is -0.784. The minimum absolute atomic E-state index is 0.184. The fraction of sp³-hybridized carbons (Fsp3) is 0.429. The zero-order valence-electron chi connectivity index (χ0n) is 18.2. The number of hydrogen-bond donors (Lipinski definition) is 0. The average Bonchev–Trinajstić information content (AvgIpc) is 3.29. The molecule has 30 heavy (non-hydrogen) atoms. The Morgan fingerprint density at radius 2 is 1.93 bits per heavy atom. The lowest BCUT2D eigenvalue weighted by Gasteiger charge is -2.45. The van der Waals surface area contributed by atoms with E-state index in [2.05, 4.69) is 15.1 Å². The minimum Gasteiger partial charge on any atom is -0.338 e. The fourth-order valence-corrected chi connectivity index (χ4v) is 4.00. The molecule has 8 nitrogen and oxygen atoms in total. The molecule has 158 valence electrons. The molecule has 0 spiro atoms. The van der Waals surface area contributed by atoms with Gasteiger partial charge in [0.05, 0.1) is 27.6 Å². The van der Waals surface area contributed by atoms with Gasteiger partial charge in [-0.2, -0.15) is 4.98 Å². The second-order valence-corrected chi connectivity index (χ2v) is 9.57. The molecular formula is C21H25ClN6O2. The Balaban J connectivity index is 1.99. The highest BCUT2D eigenvalue weighted by molar-refractivity contribution is 6.34. The van der Waals surface area contributed by atoms with Crippen LogP contribution in [0.25, 0.3) is 17.2 Å². The molecule has 0 saturated heterocycles. The number of benzene rings is 1. The van der Waals surface area contributed by atoms with Gasteiger partial charge in [0, 0.05) is 19.5 Å². The van der Waals surface area contributed by atoms with Gasteiger partial charge >= 0.3 is 6.03 Å². The first-order chi connectivity index (χ1) is 13.9. The van der Waals surface area contributed by atoms with E-state index < -0.39 is 5.54 Å². The van der Waals surface area contributed by atoms with E-state index >= 15 is 0 Å². The largest absolute Gasteiger partial charge is 0.338 e. The number of rotatable bonds is 1. The van der Waals surface area contributed by atoms with Gasteiger partial charge in [-0.1, -0.05) is 43.6 Å². The molecule has 3 aromatic rings. The lowest BCUT2D eigenvalue weighted by atomic mass is 9.91. The first-order valence-corrected chi connectivity index (χ1v) is 10.0. The first-order valence-electron chi connectivity index (χ1n) is 9.67. The summed E-state index contributed by atoms with van der Waals surface area (Å²) in [6.07, 6.45) is 1.71. The van der Waals surface area contributed by atoms with Crippen molar-refractivity contribution in [3.8, 4) is 17.2 Å². The molecule has 2 amide bonds. The van der Waals surface area contributed by atoms with Gasteiger partial charge in [0.25, 0.3) is 0 Å². The van der Waals surface area contributed by atoms with E-state index in [9.17, 15) is 4.79 Å². The molecule has 0 bridgehead atoms. The van der Waals surface area contributed by atoms with Gasteiger partial charge in [0.15, 0.2) is 0 Å². The molecule has 1 aliphatic heterocycles. The third-order valence-corrected chi connectivity index (χ3v) is 5.51. The smallest absolute Gasteiger partial charge is 0.324 e. The van der Waals surface area contributed by atoms with E-state index in [-0.39, 0.29) is 11.4 Å². The van der Waals surface area contributed by atoms with Crippen molar-refractivity contribution >= 4 is 23.3 Å². The zero-order valence-corrected chi connectivity index (χ0v) is 18.9. The SMILES string of the molecule is CN(C)C(=O)N1c2c(Cl)cccc2-n2cnc(-c3noc(C(C)(C)C)n3)c2C1(C)C. The highest BCUT2D eigenvalue weighted by Gasteiger charge is 2.46.